The quantitative estimate of drug-likeness (QED) is 0.684. The lowest BCUT2D eigenvalue weighted by Crippen LogP contribution is -2.28. The number of anilines is 1. The van der Waals surface area contributed by atoms with Gasteiger partial charge in [0.25, 0.3) is 5.56 Å². The summed E-state index contributed by atoms with van der Waals surface area (Å²) in [6, 6.07) is 13.2. The number of carbonyl (C=O) groups is 2. The van der Waals surface area contributed by atoms with Gasteiger partial charge in [-0.2, -0.15) is 0 Å². The third kappa shape index (κ3) is 3.52. The van der Waals surface area contributed by atoms with E-state index in [4.69, 9.17) is 0 Å². The summed E-state index contributed by atoms with van der Waals surface area (Å²) in [5.74, 6) is -1.57. The second kappa shape index (κ2) is 7.13. The molecule has 0 aliphatic rings. The highest BCUT2D eigenvalue weighted by Crippen LogP contribution is 2.23. The molecule has 7 heteroatoms. The molecule has 2 aromatic carbocycles. The van der Waals surface area contributed by atoms with Crippen molar-refractivity contribution in [1.82, 2.24) is 4.57 Å². The molecule has 0 spiro atoms. The molecule has 0 aliphatic carbocycles. The lowest BCUT2D eigenvalue weighted by atomic mass is 10.1. The van der Waals surface area contributed by atoms with Gasteiger partial charge in [0.1, 0.15) is 6.54 Å². The van der Waals surface area contributed by atoms with Crippen LogP contribution < -0.4 is 10.9 Å². The zero-order valence-electron chi connectivity index (χ0n) is 13.8. The Hall–Kier alpha value is -2.93. The van der Waals surface area contributed by atoms with Gasteiger partial charge in [0.15, 0.2) is 0 Å². The fourth-order valence-electron chi connectivity index (χ4n) is 2.73. The lowest BCUT2D eigenvalue weighted by molar-refractivity contribution is -0.116. The summed E-state index contributed by atoms with van der Waals surface area (Å²) in [5, 5.41) is 12.5. The van der Waals surface area contributed by atoms with Crippen LogP contribution in [0.2, 0.25) is 0 Å². The van der Waals surface area contributed by atoms with Crippen LogP contribution in [0.25, 0.3) is 10.9 Å². The first-order valence-electron chi connectivity index (χ1n) is 7.78. The van der Waals surface area contributed by atoms with E-state index >= 15 is 0 Å². The third-order valence-electron chi connectivity index (χ3n) is 3.95. The molecule has 2 N–H and O–H groups in total. The Bertz CT molecular complexity index is 1090. The van der Waals surface area contributed by atoms with Crippen molar-refractivity contribution in [1.29, 1.82) is 0 Å². The highest BCUT2D eigenvalue weighted by atomic mass is 79.9. The molecule has 1 amide bonds. The monoisotopic (exact) mass is 414 g/mol. The van der Waals surface area contributed by atoms with E-state index in [1.165, 1.54) is 4.57 Å². The van der Waals surface area contributed by atoms with Crippen LogP contribution in [-0.2, 0) is 11.3 Å². The normalized spacial score (nSPS) is 10.7. The second-order valence-corrected chi connectivity index (χ2v) is 6.69. The van der Waals surface area contributed by atoms with Crippen LogP contribution >= 0.6 is 15.9 Å². The number of amides is 1. The average molecular weight is 415 g/mol. The van der Waals surface area contributed by atoms with Crippen LogP contribution in [0.4, 0.5) is 5.69 Å². The number of aromatic nitrogens is 1. The minimum atomic E-state index is -1.18. The molecular formula is C19H15BrN2O4. The van der Waals surface area contributed by atoms with Crippen molar-refractivity contribution < 1.29 is 14.7 Å². The summed E-state index contributed by atoms with van der Waals surface area (Å²) >= 11 is 3.39. The Kier molecular flexibility index (Phi) is 4.90. The zero-order chi connectivity index (χ0) is 18.8. The molecule has 132 valence electrons. The predicted octanol–water partition coefficient (Wildman–Crippen LogP) is 3.41. The summed E-state index contributed by atoms with van der Waals surface area (Å²) in [7, 11) is 0. The molecule has 3 rings (SSSR count). The number of para-hydroxylation sites is 1. The van der Waals surface area contributed by atoms with Crippen LogP contribution in [0.15, 0.2) is 57.8 Å². The highest BCUT2D eigenvalue weighted by molar-refractivity contribution is 9.10. The van der Waals surface area contributed by atoms with Crippen LogP contribution in [0, 0.1) is 6.92 Å². The molecule has 1 heterocycles. The van der Waals surface area contributed by atoms with Gasteiger partial charge in [-0.25, -0.2) is 4.79 Å². The van der Waals surface area contributed by atoms with E-state index in [0.717, 1.165) is 16.1 Å². The molecule has 0 bridgehead atoms. The molecule has 0 atom stereocenters. The van der Waals surface area contributed by atoms with Crippen molar-refractivity contribution in [2.75, 3.05) is 5.32 Å². The molecule has 0 saturated carbocycles. The Balaban J connectivity index is 1.97. The SMILES string of the molecule is Cc1ccc(NC(=O)Cn2c(=O)cc(C(=O)O)c3ccccc32)c(Br)c1. The number of carboxylic acids is 1. The van der Waals surface area contributed by atoms with Gasteiger partial charge in [-0.1, -0.05) is 24.3 Å². The number of aryl methyl sites for hydroxylation is 1. The van der Waals surface area contributed by atoms with E-state index in [1.54, 1.807) is 30.3 Å². The summed E-state index contributed by atoms with van der Waals surface area (Å²) in [4.78, 5) is 36.2. The molecule has 3 aromatic rings. The molecule has 0 radical (unpaired) electrons. The lowest BCUT2D eigenvalue weighted by Gasteiger charge is -2.13. The van der Waals surface area contributed by atoms with E-state index in [1.807, 2.05) is 19.1 Å². The van der Waals surface area contributed by atoms with E-state index < -0.39 is 11.5 Å². The number of nitrogens with zero attached hydrogens (tertiary/aromatic N) is 1. The number of halogens is 1. The maximum absolute atomic E-state index is 12.4. The number of hydrogen-bond donors (Lipinski definition) is 2. The van der Waals surface area contributed by atoms with Gasteiger partial charge in [0, 0.05) is 15.9 Å². The van der Waals surface area contributed by atoms with Crippen molar-refractivity contribution in [3.63, 3.8) is 0 Å². The molecule has 0 saturated heterocycles. The first kappa shape index (κ1) is 17.9. The Morgan fingerprint density at radius 1 is 1.15 bits per heavy atom. The number of rotatable bonds is 4. The summed E-state index contributed by atoms with van der Waals surface area (Å²) in [5.41, 5.74) is 1.42. The van der Waals surface area contributed by atoms with Crippen LogP contribution in [0.3, 0.4) is 0 Å². The first-order chi connectivity index (χ1) is 12.4. The van der Waals surface area contributed by atoms with Crippen molar-refractivity contribution in [3.05, 3.63) is 74.5 Å². The van der Waals surface area contributed by atoms with E-state index in [0.29, 0.717) is 16.6 Å². The number of pyridine rings is 1. The summed E-state index contributed by atoms with van der Waals surface area (Å²) < 4.78 is 2.00. The van der Waals surface area contributed by atoms with Gasteiger partial charge in [-0.05, 0) is 46.6 Å². The van der Waals surface area contributed by atoms with E-state index in [2.05, 4.69) is 21.2 Å². The number of carboxylic acid groups (broad SMARTS) is 1. The predicted molar refractivity (Wildman–Crippen MR) is 103 cm³/mol. The van der Waals surface area contributed by atoms with E-state index in [9.17, 15) is 19.5 Å². The third-order valence-corrected chi connectivity index (χ3v) is 4.61. The maximum atomic E-state index is 12.4. The minimum absolute atomic E-state index is 0.0801. The Labute approximate surface area is 157 Å². The molecule has 26 heavy (non-hydrogen) atoms. The zero-order valence-corrected chi connectivity index (χ0v) is 15.4. The van der Waals surface area contributed by atoms with E-state index in [-0.39, 0.29) is 18.0 Å². The minimum Gasteiger partial charge on any atom is -0.478 e. The molecule has 0 aliphatic heterocycles. The van der Waals surface area contributed by atoms with Crippen molar-refractivity contribution in [3.8, 4) is 0 Å². The van der Waals surface area contributed by atoms with Crippen LogP contribution in [-0.4, -0.2) is 21.6 Å². The number of nitrogens with one attached hydrogen (secondary N) is 1. The molecule has 0 unspecified atom stereocenters. The van der Waals surface area contributed by atoms with Crippen LogP contribution in [0.5, 0.6) is 0 Å². The molecule has 6 nitrogen and oxygen atoms in total. The fraction of sp³-hybridized carbons (Fsp3) is 0.105. The Morgan fingerprint density at radius 2 is 1.88 bits per heavy atom. The number of aromatic carboxylic acids is 1. The number of fused-ring (bicyclic) bond motifs is 1. The smallest absolute Gasteiger partial charge is 0.336 e. The van der Waals surface area contributed by atoms with Gasteiger partial charge in [0.2, 0.25) is 5.91 Å². The van der Waals surface area contributed by atoms with Crippen molar-refractivity contribution >= 4 is 44.4 Å². The van der Waals surface area contributed by atoms with Gasteiger partial charge in [-0.3, -0.25) is 14.2 Å². The number of carbonyl (C=O) groups excluding carboxylic acids is 1. The average Bonchev–Trinajstić information content (AvgIpc) is 2.59. The number of benzene rings is 2. The summed E-state index contributed by atoms with van der Waals surface area (Å²) in [6.45, 7) is 1.71. The van der Waals surface area contributed by atoms with Crippen molar-refractivity contribution in [2.45, 2.75) is 13.5 Å². The second-order valence-electron chi connectivity index (χ2n) is 5.84. The van der Waals surface area contributed by atoms with Gasteiger partial charge in [-0.15, -0.1) is 0 Å². The molecule has 1 aromatic heterocycles. The standard InChI is InChI=1S/C19H15BrN2O4/c1-11-6-7-15(14(20)8-11)21-17(23)10-22-16-5-3-2-4-12(16)13(19(25)26)9-18(22)24/h2-9H,10H2,1H3,(H,21,23)(H,25,26). The maximum Gasteiger partial charge on any atom is 0.336 e. The van der Waals surface area contributed by atoms with Gasteiger partial charge in [0.05, 0.1) is 16.8 Å². The topological polar surface area (TPSA) is 88.4 Å². The van der Waals surface area contributed by atoms with Crippen molar-refractivity contribution in [2.24, 2.45) is 0 Å². The molecular weight excluding hydrogens is 400 g/mol. The number of hydrogen-bond acceptors (Lipinski definition) is 3. The largest absolute Gasteiger partial charge is 0.478 e. The Morgan fingerprint density at radius 3 is 2.58 bits per heavy atom. The molecule has 0 fully saturated rings. The highest BCUT2D eigenvalue weighted by Gasteiger charge is 2.15. The first-order valence-corrected chi connectivity index (χ1v) is 8.58. The van der Waals surface area contributed by atoms with Gasteiger partial charge < -0.3 is 10.4 Å². The van der Waals surface area contributed by atoms with Crippen LogP contribution in [0.1, 0.15) is 15.9 Å². The van der Waals surface area contributed by atoms with Gasteiger partial charge >= 0.3 is 5.97 Å². The fourth-order valence-corrected chi connectivity index (χ4v) is 3.32. The summed E-state index contributed by atoms with van der Waals surface area (Å²) in [6.07, 6.45) is 0.